The van der Waals surface area contributed by atoms with Gasteiger partial charge in [0.2, 0.25) is 0 Å². The molecule has 2 aromatic rings. The number of para-hydroxylation sites is 1. The summed E-state index contributed by atoms with van der Waals surface area (Å²) < 4.78 is 5.18. The molecule has 86 valence electrons. The topological polar surface area (TPSA) is 52.3 Å². The Labute approximate surface area is 99.8 Å². The highest BCUT2D eigenvalue weighted by Crippen LogP contribution is 2.11. The molecule has 0 bridgehead atoms. The van der Waals surface area contributed by atoms with E-state index in [1.165, 1.54) is 0 Å². The second-order valence-corrected chi connectivity index (χ2v) is 3.71. The van der Waals surface area contributed by atoms with Crippen LogP contribution >= 0.6 is 0 Å². The number of benzene rings is 2. The number of esters is 1. The molecule has 3 heteroatoms. The normalized spacial score (nSPS) is 9.88. The molecule has 0 saturated carbocycles. The molecule has 0 saturated heterocycles. The zero-order valence-corrected chi connectivity index (χ0v) is 9.30. The zero-order valence-electron chi connectivity index (χ0n) is 9.30. The van der Waals surface area contributed by atoms with Crippen LogP contribution in [-0.4, -0.2) is 5.97 Å². The number of carbonyl (C=O) groups excluding carboxylic acids is 1. The van der Waals surface area contributed by atoms with Crippen LogP contribution < -0.4 is 10.5 Å². The Morgan fingerprint density at radius 3 is 2.53 bits per heavy atom. The van der Waals surface area contributed by atoms with Gasteiger partial charge < -0.3 is 10.5 Å². The van der Waals surface area contributed by atoms with Gasteiger partial charge in [-0.25, -0.2) is 0 Å². The number of nitrogen functional groups attached to an aromatic ring is 1. The van der Waals surface area contributed by atoms with Crippen LogP contribution in [0.1, 0.15) is 5.56 Å². The molecule has 3 nitrogen and oxygen atoms in total. The van der Waals surface area contributed by atoms with E-state index in [1.54, 1.807) is 24.3 Å². The summed E-state index contributed by atoms with van der Waals surface area (Å²) >= 11 is 0. The first-order valence-corrected chi connectivity index (χ1v) is 5.34. The molecule has 0 atom stereocenters. The molecular formula is C14H13NO2. The van der Waals surface area contributed by atoms with Gasteiger partial charge in [-0.05, 0) is 29.8 Å². The quantitative estimate of drug-likeness (QED) is 0.497. The smallest absolute Gasteiger partial charge is 0.315 e. The van der Waals surface area contributed by atoms with Crippen molar-refractivity contribution >= 4 is 11.7 Å². The van der Waals surface area contributed by atoms with Gasteiger partial charge in [0.25, 0.3) is 0 Å². The highest BCUT2D eigenvalue weighted by atomic mass is 16.5. The minimum Gasteiger partial charge on any atom is -0.426 e. The second kappa shape index (κ2) is 5.16. The lowest BCUT2D eigenvalue weighted by atomic mass is 10.1. The van der Waals surface area contributed by atoms with Crippen molar-refractivity contribution in [2.24, 2.45) is 0 Å². The van der Waals surface area contributed by atoms with E-state index >= 15 is 0 Å². The van der Waals surface area contributed by atoms with E-state index in [0.29, 0.717) is 11.4 Å². The Morgan fingerprint density at radius 1 is 1.06 bits per heavy atom. The van der Waals surface area contributed by atoms with Crippen molar-refractivity contribution in [1.82, 2.24) is 0 Å². The molecule has 2 rings (SSSR count). The third-order valence-electron chi connectivity index (χ3n) is 2.27. The molecule has 0 fully saturated rings. The van der Waals surface area contributed by atoms with Crippen LogP contribution in [0.4, 0.5) is 5.69 Å². The molecule has 17 heavy (non-hydrogen) atoms. The van der Waals surface area contributed by atoms with Crippen molar-refractivity contribution in [3.8, 4) is 5.75 Å². The molecule has 0 amide bonds. The third-order valence-corrected chi connectivity index (χ3v) is 2.27. The summed E-state index contributed by atoms with van der Waals surface area (Å²) in [5.41, 5.74) is 7.14. The number of ether oxygens (including phenoxy) is 1. The first-order valence-electron chi connectivity index (χ1n) is 5.34. The molecule has 0 radical (unpaired) electrons. The Balaban J connectivity index is 1.98. The Morgan fingerprint density at radius 2 is 1.82 bits per heavy atom. The average Bonchev–Trinajstić information content (AvgIpc) is 2.30. The van der Waals surface area contributed by atoms with Gasteiger partial charge >= 0.3 is 5.97 Å². The largest absolute Gasteiger partial charge is 0.426 e. The number of nitrogens with two attached hydrogens (primary N) is 1. The van der Waals surface area contributed by atoms with Crippen LogP contribution in [0.3, 0.4) is 0 Å². The summed E-state index contributed by atoms with van der Waals surface area (Å²) in [6, 6.07) is 16.2. The summed E-state index contributed by atoms with van der Waals surface area (Å²) in [5, 5.41) is 0. The molecule has 0 heterocycles. The lowest BCUT2D eigenvalue weighted by Gasteiger charge is -2.04. The lowest BCUT2D eigenvalue weighted by molar-refractivity contribution is -0.133. The fourth-order valence-corrected chi connectivity index (χ4v) is 1.53. The van der Waals surface area contributed by atoms with Gasteiger partial charge in [-0.1, -0.05) is 30.3 Å². The summed E-state index contributed by atoms with van der Waals surface area (Å²) in [6.07, 6.45) is 0.222. The second-order valence-electron chi connectivity index (χ2n) is 3.71. The molecule has 0 unspecified atom stereocenters. The Hall–Kier alpha value is -2.29. The van der Waals surface area contributed by atoms with Crippen LogP contribution in [0.5, 0.6) is 5.75 Å². The molecule has 2 N–H and O–H groups in total. The molecule has 0 aliphatic heterocycles. The fourth-order valence-electron chi connectivity index (χ4n) is 1.53. The van der Waals surface area contributed by atoms with Crippen LogP contribution in [0, 0.1) is 0 Å². The maximum atomic E-state index is 11.6. The van der Waals surface area contributed by atoms with Gasteiger partial charge in [0.15, 0.2) is 0 Å². The predicted octanol–water partition coefficient (Wildman–Crippen LogP) is 2.42. The van der Waals surface area contributed by atoms with Gasteiger partial charge in [-0.2, -0.15) is 0 Å². The SMILES string of the molecule is Nc1cccc(CC(=O)Oc2ccccc2)c1. The number of carbonyl (C=O) groups is 1. The van der Waals surface area contributed by atoms with Crippen LogP contribution in [0.15, 0.2) is 54.6 Å². The zero-order chi connectivity index (χ0) is 12.1. The van der Waals surface area contributed by atoms with Gasteiger partial charge in [-0.15, -0.1) is 0 Å². The molecule has 0 aromatic heterocycles. The summed E-state index contributed by atoms with van der Waals surface area (Å²) in [5.74, 6) is 0.267. The first-order chi connectivity index (χ1) is 8.24. The van der Waals surface area contributed by atoms with Crippen molar-refractivity contribution in [3.05, 3.63) is 60.2 Å². The molecule has 0 spiro atoms. The Kier molecular flexibility index (Phi) is 3.40. The van der Waals surface area contributed by atoms with Gasteiger partial charge in [0.1, 0.15) is 5.75 Å². The van der Waals surface area contributed by atoms with E-state index in [2.05, 4.69) is 0 Å². The van der Waals surface area contributed by atoms with Crippen molar-refractivity contribution in [3.63, 3.8) is 0 Å². The highest BCUT2D eigenvalue weighted by molar-refractivity contribution is 5.75. The minimum atomic E-state index is -0.290. The standard InChI is InChI=1S/C14H13NO2/c15-12-6-4-5-11(9-12)10-14(16)17-13-7-2-1-3-8-13/h1-9H,10,15H2. The summed E-state index contributed by atoms with van der Waals surface area (Å²) in [4.78, 5) is 11.6. The maximum Gasteiger partial charge on any atom is 0.315 e. The monoisotopic (exact) mass is 227 g/mol. The van der Waals surface area contributed by atoms with E-state index < -0.39 is 0 Å². The average molecular weight is 227 g/mol. The minimum absolute atomic E-state index is 0.222. The lowest BCUT2D eigenvalue weighted by Crippen LogP contribution is -2.11. The first kappa shape index (κ1) is 11.2. The summed E-state index contributed by atoms with van der Waals surface area (Å²) in [7, 11) is 0. The number of hydrogen-bond donors (Lipinski definition) is 1. The van der Waals surface area contributed by atoms with Crippen LogP contribution in [-0.2, 0) is 11.2 Å². The van der Waals surface area contributed by atoms with Gasteiger partial charge in [0, 0.05) is 5.69 Å². The number of anilines is 1. The highest BCUT2D eigenvalue weighted by Gasteiger charge is 2.06. The Bertz CT molecular complexity index is 509. The molecule has 0 aliphatic rings. The fraction of sp³-hybridized carbons (Fsp3) is 0.0714. The maximum absolute atomic E-state index is 11.6. The van der Waals surface area contributed by atoms with E-state index in [-0.39, 0.29) is 12.4 Å². The number of rotatable bonds is 3. The van der Waals surface area contributed by atoms with Crippen LogP contribution in [0.25, 0.3) is 0 Å². The van der Waals surface area contributed by atoms with Gasteiger partial charge in [-0.3, -0.25) is 4.79 Å². The van der Waals surface area contributed by atoms with E-state index in [1.807, 2.05) is 30.3 Å². The number of hydrogen-bond acceptors (Lipinski definition) is 3. The molecule has 0 aliphatic carbocycles. The van der Waals surface area contributed by atoms with Gasteiger partial charge in [0.05, 0.1) is 6.42 Å². The van der Waals surface area contributed by atoms with Crippen LogP contribution in [0.2, 0.25) is 0 Å². The van der Waals surface area contributed by atoms with Crippen molar-refractivity contribution < 1.29 is 9.53 Å². The third kappa shape index (κ3) is 3.34. The molecule has 2 aromatic carbocycles. The molecular weight excluding hydrogens is 214 g/mol. The van der Waals surface area contributed by atoms with E-state index in [9.17, 15) is 4.79 Å². The van der Waals surface area contributed by atoms with E-state index in [4.69, 9.17) is 10.5 Å². The van der Waals surface area contributed by atoms with E-state index in [0.717, 1.165) is 5.56 Å². The van der Waals surface area contributed by atoms with Crippen molar-refractivity contribution in [2.75, 3.05) is 5.73 Å². The van der Waals surface area contributed by atoms with Crippen molar-refractivity contribution in [2.45, 2.75) is 6.42 Å². The summed E-state index contributed by atoms with van der Waals surface area (Å²) in [6.45, 7) is 0. The van der Waals surface area contributed by atoms with Crippen molar-refractivity contribution in [1.29, 1.82) is 0 Å². The predicted molar refractivity (Wildman–Crippen MR) is 66.6 cm³/mol.